The third kappa shape index (κ3) is 4.80. The van der Waals surface area contributed by atoms with Gasteiger partial charge in [0.05, 0.1) is 16.8 Å². The molecule has 4 amide bonds. The van der Waals surface area contributed by atoms with Crippen molar-refractivity contribution in [2.45, 2.75) is 13.8 Å². The van der Waals surface area contributed by atoms with E-state index >= 15 is 0 Å². The number of aryl methyl sites for hydroxylation is 2. The fourth-order valence-electron chi connectivity index (χ4n) is 4.34. The summed E-state index contributed by atoms with van der Waals surface area (Å²) in [6.07, 6.45) is 0. The van der Waals surface area contributed by atoms with Crippen LogP contribution in [0, 0.1) is 13.8 Å². The molecule has 5 rings (SSSR count). The average Bonchev–Trinajstić information content (AvgIpc) is 3.16. The zero-order chi connectivity index (χ0) is 27.8. The molecule has 0 atom stereocenters. The van der Waals surface area contributed by atoms with E-state index in [4.69, 9.17) is 0 Å². The molecule has 0 spiro atoms. The van der Waals surface area contributed by atoms with Gasteiger partial charge in [-0.1, -0.05) is 0 Å². The van der Waals surface area contributed by atoms with Crippen molar-refractivity contribution in [3.8, 4) is 11.5 Å². The number of carbonyl (C=O) groups excluding carboxylic acids is 4. The van der Waals surface area contributed by atoms with Crippen LogP contribution in [0.15, 0.2) is 78.9 Å². The molecule has 0 aliphatic carbocycles. The monoisotopic (exact) mass is 521 g/mol. The van der Waals surface area contributed by atoms with E-state index in [0.717, 1.165) is 4.90 Å². The molecule has 194 valence electrons. The van der Waals surface area contributed by atoms with Gasteiger partial charge in [-0.3, -0.25) is 19.2 Å². The molecule has 4 aromatic rings. The van der Waals surface area contributed by atoms with Crippen LogP contribution in [0.4, 0.5) is 17.1 Å². The number of carbonyl (C=O) groups is 4. The highest BCUT2D eigenvalue weighted by Gasteiger charge is 2.37. The summed E-state index contributed by atoms with van der Waals surface area (Å²) in [5, 5.41) is 24.6. The Balaban J connectivity index is 1.33. The Morgan fingerprint density at radius 2 is 1.10 bits per heavy atom. The van der Waals surface area contributed by atoms with E-state index in [0.29, 0.717) is 28.1 Å². The third-order valence-electron chi connectivity index (χ3n) is 6.45. The quantitative estimate of drug-likeness (QED) is 0.215. The van der Waals surface area contributed by atoms with Gasteiger partial charge in [0.2, 0.25) is 0 Å². The molecule has 4 aromatic carbocycles. The van der Waals surface area contributed by atoms with Crippen LogP contribution >= 0.6 is 0 Å². The molecule has 0 unspecified atom stereocenters. The van der Waals surface area contributed by atoms with Gasteiger partial charge >= 0.3 is 0 Å². The van der Waals surface area contributed by atoms with Gasteiger partial charge in [-0.2, -0.15) is 0 Å². The Labute approximate surface area is 223 Å². The van der Waals surface area contributed by atoms with Crippen molar-refractivity contribution in [3.05, 3.63) is 112 Å². The second-order valence-electron chi connectivity index (χ2n) is 9.16. The number of anilines is 3. The highest BCUT2D eigenvalue weighted by molar-refractivity contribution is 6.34. The topological polar surface area (TPSA) is 136 Å². The Hall–Kier alpha value is -5.44. The molecule has 39 heavy (non-hydrogen) atoms. The molecule has 9 nitrogen and oxygen atoms in total. The van der Waals surface area contributed by atoms with E-state index in [1.54, 1.807) is 26.0 Å². The Kier molecular flexibility index (Phi) is 6.33. The van der Waals surface area contributed by atoms with Crippen molar-refractivity contribution in [3.63, 3.8) is 0 Å². The Bertz CT molecular complexity index is 1680. The maximum Gasteiger partial charge on any atom is 0.266 e. The lowest BCUT2D eigenvalue weighted by Crippen LogP contribution is -2.29. The molecular formula is C30H23N3O6. The summed E-state index contributed by atoms with van der Waals surface area (Å²) in [5.74, 6) is -1.80. The van der Waals surface area contributed by atoms with Gasteiger partial charge in [-0.15, -0.1) is 0 Å². The van der Waals surface area contributed by atoms with Crippen LogP contribution in [0.2, 0.25) is 0 Å². The largest absolute Gasteiger partial charge is 0.508 e. The first kappa shape index (κ1) is 25.2. The number of fused-ring (bicyclic) bond motifs is 1. The SMILES string of the molecule is Cc1cc(O)ccc1NC(=O)c1ccc(N2C(=O)c3ccc(C(=O)Nc4ccc(O)cc4C)cc3C2=O)cc1. The van der Waals surface area contributed by atoms with E-state index in [9.17, 15) is 29.4 Å². The molecule has 1 aliphatic rings. The molecule has 0 bridgehead atoms. The van der Waals surface area contributed by atoms with Gasteiger partial charge in [0.1, 0.15) is 11.5 Å². The third-order valence-corrected chi connectivity index (χ3v) is 6.45. The summed E-state index contributed by atoms with van der Waals surface area (Å²) in [4.78, 5) is 52.8. The van der Waals surface area contributed by atoms with Gasteiger partial charge < -0.3 is 20.8 Å². The normalized spacial score (nSPS) is 12.3. The highest BCUT2D eigenvalue weighted by atomic mass is 16.3. The molecule has 0 aromatic heterocycles. The predicted octanol–water partition coefficient (Wildman–Crippen LogP) is 5.02. The Morgan fingerprint density at radius 3 is 1.64 bits per heavy atom. The van der Waals surface area contributed by atoms with Crippen molar-refractivity contribution in [2.24, 2.45) is 0 Å². The second kappa shape index (κ2) is 9.79. The van der Waals surface area contributed by atoms with E-state index in [-0.39, 0.29) is 33.9 Å². The van der Waals surface area contributed by atoms with Gasteiger partial charge in [-0.25, -0.2) is 4.90 Å². The molecule has 0 saturated heterocycles. The standard InChI is InChI=1S/C30H23N3O6/c1-16-13-21(34)8-11-25(16)31-27(36)18-3-6-20(7-4-18)33-29(38)23-10-5-19(15-24(23)30(33)39)28(37)32-26-12-9-22(35)14-17(26)2/h3-15,34-35H,1-2H3,(H,31,36)(H,32,37). The van der Waals surface area contributed by atoms with Gasteiger partial charge in [-0.05, 0) is 104 Å². The zero-order valence-corrected chi connectivity index (χ0v) is 21.0. The van der Waals surface area contributed by atoms with E-state index in [1.807, 2.05) is 0 Å². The van der Waals surface area contributed by atoms with Crippen LogP contribution < -0.4 is 15.5 Å². The first-order valence-corrected chi connectivity index (χ1v) is 12.0. The summed E-state index contributed by atoms with van der Waals surface area (Å²) >= 11 is 0. The van der Waals surface area contributed by atoms with E-state index in [1.165, 1.54) is 66.7 Å². The van der Waals surface area contributed by atoms with Gasteiger partial charge in [0, 0.05) is 22.5 Å². The number of phenolic OH excluding ortho intramolecular Hbond substituents is 2. The zero-order valence-electron chi connectivity index (χ0n) is 21.0. The molecule has 1 heterocycles. The fraction of sp³-hybridized carbons (Fsp3) is 0.0667. The molecule has 4 N–H and O–H groups in total. The molecule has 0 saturated carbocycles. The molecule has 0 fully saturated rings. The number of aromatic hydroxyl groups is 2. The molecular weight excluding hydrogens is 498 g/mol. The number of benzene rings is 4. The minimum absolute atomic E-state index is 0.0772. The number of hydrogen-bond donors (Lipinski definition) is 4. The molecule has 0 radical (unpaired) electrons. The predicted molar refractivity (Wildman–Crippen MR) is 146 cm³/mol. The van der Waals surface area contributed by atoms with Crippen molar-refractivity contribution in [2.75, 3.05) is 15.5 Å². The second-order valence-corrected chi connectivity index (χ2v) is 9.16. The molecule has 1 aliphatic heterocycles. The van der Waals surface area contributed by atoms with Crippen molar-refractivity contribution < 1.29 is 29.4 Å². The van der Waals surface area contributed by atoms with Gasteiger partial charge in [0.15, 0.2) is 0 Å². The van der Waals surface area contributed by atoms with Crippen molar-refractivity contribution in [1.82, 2.24) is 0 Å². The first-order chi connectivity index (χ1) is 18.6. The van der Waals surface area contributed by atoms with Crippen LogP contribution in [0.5, 0.6) is 11.5 Å². The fourth-order valence-corrected chi connectivity index (χ4v) is 4.34. The lowest BCUT2D eigenvalue weighted by molar-refractivity contribution is 0.0924. The first-order valence-electron chi connectivity index (χ1n) is 12.0. The number of phenols is 2. The van der Waals surface area contributed by atoms with Gasteiger partial charge in [0.25, 0.3) is 23.6 Å². The smallest absolute Gasteiger partial charge is 0.266 e. The highest BCUT2D eigenvalue weighted by Crippen LogP contribution is 2.30. The number of nitrogens with one attached hydrogen (secondary N) is 2. The lowest BCUT2D eigenvalue weighted by atomic mass is 10.0. The van der Waals surface area contributed by atoms with Crippen molar-refractivity contribution in [1.29, 1.82) is 0 Å². The Morgan fingerprint density at radius 1 is 0.615 bits per heavy atom. The van der Waals surface area contributed by atoms with Crippen LogP contribution in [-0.2, 0) is 0 Å². The number of imide groups is 1. The number of amides is 4. The summed E-state index contributed by atoms with van der Waals surface area (Å²) in [5.41, 5.74) is 3.46. The average molecular weight is 522 g/mol. The van der Waals surface area contributed by atoms with Crippen LogP contribution in [-0.4, -0.2) is 33.8 Å². The lowest BCUT2D eigenvalue weighted by Gasteiger charge is -2.14. The van der Waals surface area contributed by atoms with Crippen molar-refractivity contribution >= 4 is 40.7 Å². The molecule has 9 heteroatoms. The summed E-state index contributed by atoms with van der Waals surface area (Å²) in [6.45, 7) is 3.49. The number of nitrogens with zero attached hydrogens (tertiary/aromatic N) is 1. The summed E-state index contributed by atoms with van der Waals surface area (Å²) < 4.78 is 0. The maximum absolute atomic E-state index is 13.2. The maximum atomic E-state index is 13.2. The van der Waals surface area contributed by atoms with E-state index < -0.39 is 23.6 Å². The van der Waals surface area contributed by atoms with Crippen LogP contribution in [0.25, 0.3) is 0 Å². The van der Waals surface area contributed by atoms with Crippen LogP contribution in [0.3, 0.4) is 0 Å². The summed E-state index contributed by atoms with van der Waals surface area (Å²) in [6, 6.07) is 19.4. The number of rotatable bonds is 5. The minimum atomic E-state index is -0.581. The van der Waals surface area contributed by atoms with E-state index in [2.05, 4.69) is 10.6 Å². The summed E-state index contributed by atoms with van der Waals surface area (Å²) in [7, 11) is 0. The van der Waals surface area contributed by atoms with Crippen LogP contribution in [0.1, 0.15) is 52.6 Å². The number of hydrogen-bond acceptors (Lipinski definition) is 6. The minimum Gasteiger partial charge on any atom is -0.508 e.